The molecule has 1 atom stereocenters. The predicted molar refractivity (Wildman–Crippen MR) is 99.2 cm³/mol. The van der Waals surface area contributed by atoms with E-state index >= 15 is 0 Å². The van der Waals surface area contributed by atoms with E-state index in [-0.39, 0.29) is 20.6 Å². The summed E-state index contributed by atoms with van der Waals surface area (Å²) in [4.78, 5) is 12.0. The number of carbonyl (C=O) groups excluding carboxylic acids is 1. The average molecular weight is 456 g/mol. The first-order chi connectivity index (χ1) is 12.7. The number of anilines is 1. The summed E-state index contributed by atoms with van der Waals surface area (Å²) in [5.74, 6) is -2.10. The number of carbonyl (C=O) groups is 1. The molecule has 0 unspecified atom stereocenters. The average Bonchev–Trinajstić information content (AvgIpc) is 2.52. The molecule has 11 heteroatoms. The lowest BCUT2D eigenvalue weighted by Gasteiger charge is -2.22. The lowest BCUT2D eigenvalue weighted by atomic mass is 10.1. The number of halogens is 5. The maximum Gasteiger partial charge on any atom is 0.416 e. The molecule has 28 heavy (non-hydrogen) atoms. The van der Waals surface area contributed by atoms with Crippen LogP contribution in [0.4, 0.5) is 18.9 Å². The molecule has 0 aromatic heterocycles. The van der Waals surface area contributed by atoms with Crippen molar-refractivity contribution in [3.63, 3.8) is 0 Å². The summed E-state index contributed by atoms with van der Waals surface area (Å²) in [6.45, 7) is 0.968. The first-order valence-electron chi connectivity index (χ1n) is 7.61. The van der Waals surface area contributed by atoms with Gasteiger partial charge in [-0.1, -0.05) is 23.2 Å². The molecule has 0 aliphatic rings. The van der Waals surface area contributed by atoms with Crippen molar-refractivity contribution in [2.75, 3.05) is 11.1 Å². The first kappa shape index (κ1) is 22.5. The molecule has 0 bridgehead atoms. The van der Waals surface area contributed by atoms with Crippen LogP contribution in [0.1, 0.15) is 12.5 Å². The van der Waals surface area contributed by atoms with E-state index in [2.05, 4.69) is 5.32 Å². The molecule has 0 saturated carbocycles. The quantitative estimate of drug-likeness (QED) is 0.708. The molecular weight excluding hydrogens is 442 g/mol. The molecule has 0 saturated heterocycles. The Bertz CT molecular complexity index is 970. The Kier molecular flexibility index (Phi) is 6.34. The van der Waals surface area contributed by atoms with Gasteiger partial charge in [0, 0.05) is 15.7 Å². The van der Waals surface area contributed by atoms with E-state index in [0.717, 1.165) is 43.3 Å². The Labute approximate surface area is 169 Å². The molecule has 2 N–H and O–H groups in total. The van der Waals surface area contributed by atoms with Gasteiger partial charge in [0.05, 0.1) is 16.2 Å². The normalized spacial score (nSPS) is 14.4. The summed E-state index contributed by atoms with van der Waals surface area (Å²) in [6.07, 6.45) is -4.54. The van der Waals surface area contributed by atoms with Gasteiger partial charge in [0.15, 0.2) is 15.4 Å². The third-order valence-electron chi connectivity index (χ3n) is 3.63. The molecular formula is C17H14Cl2F3NO4S. The molecule has 152 valence electrons. The van der Waals surface area contributed by atoms with Crippen molar-refractivity contribution in [1.29, 1.82) is 0 Å². The van der Waals surface area contributed by atoms with Crippen molar-refractivity contribution >= 4 is 44.6 Å². The SMILES string of the molecule is C[C@@](O)(CS(=O)(=O)c1cc(Cl)cc(Cl)c1)C(=O)Nc1ccc(C(F)(F)F)cc1. The zero-order valence-corrected chi connectivity index (χ0v) is 16.5. The first-order valence-corrected chi connectivity index (χ1v) is 10.0. The number of hydrogen-bond donors (Lipinski definition) is 2. The highest BCUT2D eigenvalue weighted by atomic mass is 35.5. The largest absolute Gasteiger partial charge is 0.416 e. The zero-order chi connectivity index (χ0) is 21.3. The number of alkyl halides is 3. The van der Waals surface area contributed by atoms with Crippen LogP contribution in [0.15, 0.2) is 47.4 Å². The minimum atomic E-state index is -4.54. The fourth-order valence-corrected chi connectivity index (χ4v) is 4.54. The van der Waals surface area contributed by atoms with Gasteiger partial charge in [-0.15, -0.1) is 0 Å². The molecule has 0 aliphatic heterocycles. The summed E-state index contributed by atoms with van der Waals surface area (Å²) in [7, 11) is -4.15. The van der Waals surface area contributed by atoms with E-state index in [0.29, 0.717) is 0 Å². The van der Waals surface area contributed by atoms with Gasteiger partial charge in [-0.05, 0) is 49.4 Å². The van der Waals surface area contributed by atoms with Crippen LogP contribution in [0.2, 0.25) is 10.0 Å². The van der Waals surface area contributed by atoms with E-state index in [1.165, 1.54) is 6.07 Å². The van der Waals surface area contributed by atoms with Gasteiger partial charge in [-0.3, -0.25) is 4.79 Å². The summed E-state index contributed by atoms with van der Waals surface area (Å²) in [5.41, 5.74) is -3.34. The highest BCUT2D eigenvalue weighted by molar-refractivity contribution is 7.91. The zero-order valence-electron chi connectivity index (χ0n) is 14.2. The molecule has 0 heterocycles. The molecule has 0 aliphatic carbocycles. The molecule has 2 rings (SSSR count). The van der Waals surface area contributed by atoms with Crippen LogP contribution >= 0.6 is 23.2 Å². The van der Waals surface area contributed by atoms with Crippen LogP contribution in [0.3, 0.4) is 0 Å². The minimum absolute atomic E-state index is 0.0403. The van der Waals surface area contributed by atoms with E-state index in [1.54, 1.807) is 0 Å². The van der Waals surface area contributed by atoms with Crippen LogP contribution < -0.4 is 5.32 Å². The van der Waals surface area contributed by atoms with Gasteiger partial charge >= 0.3 is 6.18 Å². The van der Waals surface area contributed by atoms with Crippen LogP contribution in [0.25, 0.3) is 0 Å². The lowest BCUT2D eigenvalue weighted by Crippen LogP contribution is -2.45. The van der Waals surface area contributed by atoms with Gasteiger partial charge in [0.25, 0.3) is 5.91 Å². The number of nitrogens with one attached hydrogen (secondary N) is 1. The van der Waals surface area contributed by atoms with Gasteiger partial charge in [0.1, 0.15) is 0 Å². The van der Waals surface area contributed by atoms with Gasteiger partial charge < -0.3 is 10.4 Å². The predicted octanol–water partition coefficient (Wildman–Crippen LogP) is 4.18. The van der Waals surface area contributed by atoms with Crippen LogP contribution in [-0.4, -0.2) is 30.8 Å². The van der Waals surface area contributed by atoms with E-state index < -0.39 is 38.8 Å². The van der Waals surface area contributed by atoms with Crippen molar-refractivity contribution in [2.24, 2.45) is 0 Å². The second-order valence-corrected chi connectivity index (χ2v) is 9.03. The molecule has 0 radical (unpaired) electrons. The highest BCUT2D eigenvalue weighted by Gasteiger charge is 2.37. The minimum Gasteiger partial charge on any atom is -0.379 e. The summed E-state index contributed by atoms with van der Waals surface area (Å²) in [6, 6.07) is 7.02. The van der Waals surface area contributed by atoms with Crippen LogP contribution in [0, 0.1) is 0 Å². The summed E-state index contributed by atoms with van der Waals surface area (Å²) >= 11 is 11.5. The van der Waals surface area contributed by atoms with Crippen LogP contribution in [0.5, 0.6) is 0 Å². The number of amides is 1. The Morgan fingerprint density at radius 3 is 2.04 bits per heavy atom. The Morgan fingerprint density at radius 1 is 1.07 bits per heavy atom. The molecule has 1 amide bonds. The van der Waals surface area contributed by atoms with E-state index in [4.69, 9.17) is 23.2 Å². The second-order valence-electron chi connectivity index (χ2n) is 6.17. The number of sulfone groups is 1. The fourth-order valence-electron chi connectivity index (χ4n) is 2.24. The van der Waals surface area contributed by atoms with Crippen LogP contribution in [-0.2, 0) is 20.8 Å². The Morgan fingerprint density at radius 2 is 1.57 bits per heavy atom. The number of aliphatic hydroxyl groups is 1. The lowest BCUT2D eigenvalue weighted by molar-refractivity contribution is -0.137. The van der Waals surface area contributed by atoms with Gasteiger partial charge in [0.2, 0.25) is 0 Å². The molecule has 2 aromatic carbocycles. The standard InChI is InChI=1S/C17H14Cl2F3NO4S/c1-16(25,9-28(26,27)14-7-11(18)6-12(19)8-14)15(24)23-13-4-2-10(3-5-13)17(20,21)22/h2-8,25H,9H2,1H3,(H,23,24)/t16-/m1/s1. The maximum atomic E-state index is 12.6. The van der Waals surface area contributed by atoms with Gasteiger partial charge in [-0.2, -0.15) is 13.2 Å². The van der Waals surface area contributed by atoms with Crippen molar-refractivity contribution < 1.29 is 31.5 Å². The smallest absolute Gasteiger partial charge is 0.379 e. The second kappa shape index (κ2) is 7.90. The molecule has 0 spiro atoms. The number of hydrogen-bond acceptors (Lipinski definition) is 4. The molecule has 0 fully saturated rings. The fraction of sp³-hybridized carbons (Fsp3) is 0.235. The van der Waals surface area contributed by atoms with Crippen molar-refractivity contribution in [1.82, 2.24) is 0 Å². The Hall–Kier alpha value is -1.81. The van der Waals surface area contributed by atoms with E-state index in [9.17, 15) is 31.5 Å². The van der Waals surface area contributed by atoms with Crippen molar-refractivity contribution in [3.05, 3.63) is 58.1 Å². The monoisotopic (exact) mass is 455 g/mol. The third-order valence-corrected chi connectivity index (χ3v) is 5.96. The van der Waals surface area contributed by atoms with Crippen molar-refractivity contribution in [3.8, 4) is 0 Å². The topological polar surface area (TPSA) is 83.5 Å². The summed E-state index contributed by atoms with van der Waals surface area (Å²) < 4.78 is 62.7. The van der Waals surface area contributed by atoms with Gasteiger partial charge in [-0.25, -0.2) is 8.42 Å². The Balaban J connectivity index is 2.18. The summed E-state index contributed by atoms with van der Waals surface area (Å²) in [5, 5.41) is 12.6. The van der Waals surface area contributed by atoms with E-state index in [1.807, 2.05) is 0 Å². The third kappa shape index (κ3) is 5.60. The maximum absolute atomic E-state index is 12.6. The number of benzene rings is 2. The highest BCUT2D eigenvalue weighted by Crippen LogP contribution is 2.30. The molecule has 5 nitrogen and oxygen atoms in total. The van der Waals surface area contributed by atoms with Crippen molar-refractivity contribution in [2.45, 2.75) is 23.6 Å². The molecule has 2 aromatic rings. The number of rotatable bonds is 5.